The quantitative estimate of drug-likeness (QED) is 0.401. The molecule has 2 aromatic heterocycles. The number of pyridine rings is 2. The van der Waals surface area contributed by atoms with Gasteiger partial charge in [0.15, 0.2) is 5.82 Å². The van der Waals surface area contributed by atoms with Gasteiger partial charge in [0.05, 0.1) is 21.9 Å². The number of halogens is 3. The number of hydrogen-bond acceptors (Lipinski definition) is 2. The van der Waals surface area contributed by atoms with Crippen molar-refractivity contribution in [2.45, 2.75) is 18.9 Å². The molecular weight excluding hydrogens is 362 g/mol. The first-order chi connectivity index (χ1) is 12.5. The van der Waals surface area contributed by atoms with Gasteiger partial charge in [0.1, 0.15) is 11.2 Å². The summed E-state index contributed by atoms with van der Waals surface area (Å²) >= 11 is 6.01. The third kappa shape index (κ3) is 2.05. The molecule has 0 radical (unpaired) electrons. The Hall–Kier alpha value is -2.73. The van der Waals surface area contributed by atoms with Gasteiger partial charge in [-0.1, -0.05) is 11.6 Å². The van der Waals surface area contributed by atoms with Crippen molar-refractivity contribution < 1.29 is 8.78 Å². The second-order valence-corrected chi connectivity index (χ2v) is 7.02. The Morgan fingerprint density at radius 2 is 1.81 bits per heavy atom. The molecule has 0 amide bonds. The highest BCUT2D eigenvalue weighted by Gasteiger charge is 2.30. The van der Waals surface area contributed by atoms with Crippen LogP contribution in [0.3, 0.4) is 0 Å². The van der Waals surface area contributed by atoms with Crippen molar-refractivity contribution in [2.24, 2.45) is 0 Å². The van der Waals surface area contributed by atoms with Crippen molar-refractivity contribution in [2.75, 3.05) is 0 Å². The van der Waals surface area contributed by atoms with Gasteiger partial charge in [0.2, 0.25) is 5.43 Å². The van der Waals surface area contributed by atoms with E-state index in [-0.39, 0.29) is 22.3 Å². The minimum Gasteiger partial charge on any atom is -0.334 e. The summed E-state index contributed by atoms with van der Waals surface area (Å²) in [6.45, 7) is 0. The van der Waals surface area contributed by atoms with Crippen molar-refractivity contribution in [1.82, 2.24) is 9.55 Å². The Labute approximate surface area is 149 Å². The number of aromatic amines is 1. The average molecular weight is 373 g/mol. The number of benzene rings is 2. The minimum atomic E-state index is -0.849. The Kier molecular flexibility index (Phi) is 3.07. The normalized spacial score (nSPS) is 14.6. The number of nitrogens with one attached hydrogen (secondary N) is 1. The summed E-state index contributed by atoms with van der Waals surface area (Å²) in [5, 5.41) is 0.811. The van der Waals surface area contributed by atoms with E-state index in [0.29, 0.717) is 21.4 Å². The summed E-state index contributed by atoms with van der Waals surface area (Å²) in [4.78, 5) is 28.2. The van der Waals surface area contributed by atoms with Crippen molar-refractivity contribution in [3.63, 3.8) is 0 Å². The standard InChI is InChI=1S/C19H11ClF2N2O2/c20-8-1-4-11-14(5-8)23-19(26)15-17(11)24(10-2-3-10)16-12(18(15)25)6-9(21)7-13(16)22/h1,4-7,10H,2-3H2,(H,23,26). The Morgan fingerprint density at radius 1 is 1.04 bits per heavy atom. The molecule has 1 N–H and O–H groups in total. The molecule has 1 aliphatic rings. The molecule has 2 heterocycles. The molecule has 1 saturated carbocycles. The fourth-order valence-corrected chi connectivity index (χ4v) is 3.81. The number of fused-ring (bicyclic) bond motifs is 4. The first kappa shape index (κ1) is 15.5. The first-order valence-corrected chi connectivity index (χ1v) is 8.52. The van der Waals surface area contributed by atoms with Crippen molar-refractivity contribution in [3.05, 3.63) is 67.6 Å². The van der Waals surface area contributed by atoms with E-state index in [2.05, 4.69) is 4.98 Å². The molecule has 0 bridgehead atoms. The monoisotopic (exact) mass is 372 g/mol. The summed E-state index contributed by atoms with van der Waals surface area (Å²) in [5.74, 6) is -1.66. The highest BCUT2D eigenvalue weighted by atomic mass is 35.5. The Morgan fingerprint density at radius 3 is 2.54 bits per heavy atom. The van der Waals surface area contributed by atoms with Gasteiger partial charge in [-0.25, -0.2) is 8.78 Å². The molecule has 0 spiro atoms. The molecule has 26 heavy (non-hydrogen) atoms. The number of H-pyrrole nitrogens is 1. The predicted octanol–water partition coefficient (Wildman–Crippen LogP) is 4.26. The molecule has 0 unspecified atom stereocenters. The molecule has 0 aliphatic heterocycles. The van der Waals surface area contributed by atoms with Crippen LogP contribution in [0.4, 0.5) is 8.78 Å². The zero-order valence-electron chi connectivity index (χ0n) is 13.3. The van der Waals surface area contributed by atoms with Crippen molar-refractivity contribution in [3.8, 4) is 0 Å². The fraction of sp³-hybridized carbons (Fsp3) is 0.158. The predicted molar refractivity (Wildman–Crippen MR) is 97.0 cm³/mol. The summed E-state index contributed by atoms with van der Waals surface area (Å²) in [6.07, 6.45) is 1.59. The second-order valence-electron chi connectivity index (χ2n) is 6.58. The zero-order valence-corrected chi connectivity index (χ0v) is 14.0. The Balaban J connectivity index is 2.18. The van der Waals surface area contributed by atoms with Gasteiger partial charge < -0.3 is 9.55 Å². The lowest BCUT2D eigenvalue weighted by atomic mass is 10.1. The Bertz CT molecular complexity index is 1370. The average Bonchev–Trinajstić information content (AvgIpc) is 3.40. The lowest BCUT2D eigenvalue weighted by molar-refractivity contribution is 0.585. The summed E-state index contributed by atoms with van der Waals surface area (Å²) in [7, 11) is 0. The minimum absolute atomic E-state index is 0.0354. The van der Waals surface area contributed by atoms with Gasteiger partial charge >= 0.3 is 0 Å². The van der Waals surface area contributed by atoms with Crippen molar-refractivity contribution >= 4 is 44.3 Å². The topological polar surface area (TPSA) is 54.9 Å². The van der Waals surface area contributed by atoms with Gasteiger partial charge in [-0.15, -0.1) is 0 Å². The fourth-order valence-electron chi connectivity index (χ4n) is 3.64. The van der Waals surface area contributed by atoms with E-state index < -0.39 is 22.6 Å². The highest BCUT2D eigenvalue weighted by Crippen LogP contribution is 2.41. The van der Waals surface area contributed by atoms with Gasteiger partial charge in [-0.2, -0.15) is 0 Å². The van der Waals surface area contributed by atoms with Gasteiger partial charge in [0, 0.05) is 22.5 Å². The van der Waals surface area contributed by atoms with E-state index in [0.717, 1.165) is 25.0 Å². The summed E-state index contributed by atoms with van der Waals surface area (Å²) < 4.78 is 30.1. The maximum absolute atomic E-state index is 14.7. The van der Waals surface area contributed by atoms with Crippen LogP contribution in [-0.2, 0) is 0 Å². The molecule has 0 saturated heterocycles. The number of rotatable bonds is 1. The van der Waals surface area contributed by atoms with Gasteiger partial charge in [0.25, 0.3) is 5.56 Å². The summed E-state index contributed by atoms with van der Waals surface area (Å²) in [5.41, 5.74) is -0.408. The number of nitrogens with zero attached hydrogens (tertiary/aromatic N) is 1. The van der Waals surface area contributed by atoms with E-state index >= 15 is 0 Å². The third-order valence-electron chi connectivity index (χ3n) is 4.84. The molecule has 1 fully saturated rings. The SMILES string of the molecule is O=c1[nH]c2cc(Cl)ccc2c2c1c(=O)c1cc(F)cc(F)c1n2C1CC1. The lowest BCUT2D eigenvalue weighted by Crippen LogP contribution is -2.21. The molecule has 0 atom stereocenters. The van der Waals surface area contributed by atoms with Crippen LogP contribution in [0.5, 0.6) is 0 Å². The molecule has 4 aromatic rings. The molecule has 5 rings (SSSR count). The smallest absolute Gasteiger partial charge is 0.261 e. The van der Waals surface area contributed by atoms with E-state index in [9.17, 15) is 18.4 Å². The lowest BCUT2D eigenvalue weighted by Gasteiger charge is -2.16. The maximum Gasteiger partial charge on any atom is 0.261 e. The van der Waals surface area contributed by atoms with E-state index in [1.807, 2.05) is 0 Å². The van der Waals surface area contributed by atoms with Crippen LogP contribution < -0.4 is 11.0 Å². The van der Waals surface area contributed by atoms with Crippen LogP contribution in [0.25, 0.3) is 32.7 Å². The van der Waals surface area contributed by atoms with Crippen LogP contribution in [0.1, 0.15) is 18.9 Å². The third-order valence-corrected chi connectivity index (χ3v) is 5.08. The number of hydrogen-bond donors (Lipinski definition) is 1. The summed E-state index contributed by atoms with van der Waals surface area (Å²) in [6, 6.07) is 6.64. The molecule has 7 heteroatoms. The van der Waals surface area contributed by atoms with Crippen LogP contribution in [-0.4, -0.2) is 9.55 Å². The molecule has 130 valence electrons. The van der Waals surface area contributed by atoms with Crippen LogP contribution in [0.15, 0.2) is 39.9 Å². The first-order valence-electron chi connectivity index (χ1n) is 8.14. The highest BCUT2D eigenvalue weighted by molar-refractivity contribution is 6.31. The molecule has 1 aliphatic carbocycles. The second kappa shape index (κ2) is 5.14. The van der Waals surface area contributed by atoms with Crippen LogP contribution >= 0.6 is 11.6 Å². The van der Waals surface area contributed by atoms with E-state index in [1.165, 1.54) is 0 Å². The zero-order chi connectivity index (χ0) is 18.2. The van der Waals surface area contributed by atoms with Crippen molar-refractivity contribution in [1.29, 1.82) is 0 Å². The number of aromatic nitrogens is 2. The molecular formula is C19H11ClF2N2O2. The van der Waals surface area contributed by atoms with Crippen LogP contribution in [0.2, 0.25) is 5.02 Å². The largest absolute Gasteiger partial charge is 0.334 e. The maximum atomic E-state index is 14.7. The van der Waals surface area contributed by atoms with Crippen LogP contribution in [0, 0.1) is 11.6 Å². The molecule has 2 aromatic carbocycles. The van der Waals surface area contributed by atoms with Gasteiger partial charge in [-0.3, -0.25) is 9.59 Å². The van der Waals surface area contributed by atoms with E-state index in [1.54, 1.807) is 22.8 Å². The van der Waals surface area contributed by atoms with Gasteiger partial charge in [-0.05, 0) is 37.1 Å². The van der Waals surface area contributed by atoms with E-state index in [4.69, 9.17) is 11.6 Å². The molecule has 4 nitrogen and oxygen atoms in total.